The molecule has 0 aromatic rings. The van der Waals surface area contributed by atoms with Gasteiger partial charge in [-0.15, -0.1) is 0 Å². The highest BCUT2D eigenvalue weighted by atomic mass is 16.5. The van der Waals surface area contributed by atoms with Crippen LogP contribution < -0.4 is 5.32 Å². The molecule has 0 bridgehead atoms. The van der Waals surface area contributed by atoms with Crippen molar-refractivity contribution in [2.24, 2.45) is 11.3 Å². The predicted molar refractivity (Wildman–Crippen MR) is 71.4 cm³/mol. The molecule has 1 rings (SSSR count). The van der Waals surface area contributed by atoms with Gasteiger partial charge in [0.05, 0.1) is 13.7 Å². The van der Waals surface area contributed by atoms with Crippen LogP contribution in [0.2, 0.25) is 0 Å². The van der Waals surface area contributed by atoms with Crippen molar-refractivity contribution in [3.8, 4) is 0 Å². The molecule has 0 aromatic carbocycles. The number of aliphatic hydroxyl groups excluding tert-OH is 1. The second-order valence-electron chi connectivity index (χ2n) is 5.83. The van der Waals surface area contributed by atoms with E-state index in [2.05, 4.69) is 23.9 Å². The van der Waals surface area contributed by atoms with Gasteiger partial charge in [-0.3, -0.25) is 4.79 Å². The van der Waals surface area contributed by atoms with Crippen molar-refractivity contribution in [1.82, 2.24) is 5.32 Å². The molecule has 1 saturated carbocycles. The zero-order chi connectivity index (χ0) is 14.5. The first-order chi connectivity index (χ1) is 8.91. The van der Waals surface area contributed by atoms with E-state index in [9.17, 15) is 14.7 Å². The van der Waals surface area contributed by atoms with Gasteiger partial charge in [-0.05, 0) is 25.2 Å². The van der Waals surface area contributed by atoms with Crippen LogP contribution >= 0.6 is 0 Å². The van der Waals surface area contributed by atoms with Crippen molar-refractivity contribution in [1.29, 1.82) is 0 Å². The Morgan fingerprint density at radius 1 is 1.32 bits per heavy atom. The van der Waals surface area contributed by atoms with Gasteiger partial charge in [-0.25, -0.2) is 4.79 Å². The number of aliphatic hydroxyl groups is 1. The topological polar surface area (TPSA) is 75.6 Å². The van der Waals surface area contributed by atoms with Crippen LogP contribution in [0.4, 0.5) is 0 Å². The first-order valence-corrected chi connectivity index (χ1v) is 6.95. The first kappa shape index (κ1) is 16.0. The van der Waals surface area contributed by atoms with E-state index in [1.165, 1.54) is 7.11 Å². The van der Waals surface area contributed by atoms with Crippen molar-refractivity contribution in [2.75, 3.05) is 13.7 Å². The number of carbonyl (C=O) groups excluding carboxylic acids is 2. The maximum absolute atomic E-state index is 12.3. The van der Waals surface area contributed by atoms with Crippen molar-refractivity contribution in [3.63, 3.8) is 0 Å². The summed E-state index contributed by atoms with van der Waals surface area (Å²) in [5.74, 6) is -0.305. The Balaban J connectivity index is 2.56. The molecule has 0 heterocycles. The average Bonchev–Trinajstić information content (AvgIpc) is 2.83. The molecule has 1 fully saturated rings. The summed E-state index contributed by atoms with van der Waals surface area (Å²) in [6, 6.07) is 0. The van der Waals surface area contributed by atoms with Gasteiger partial charge in [-0.2, -0.15) is 0 Å². The largest absolute Gasteiger partial charge is 0.467 e. The van der Waals surface area contributed by atoms with Crippen LogP contribution in [0.15, 0.2) is 0 Å². The Labute approximate surface area is 114 Å². The maximum atomic E-state index is 12.3. The number of hydrogen-bond acceptors (Lipinski definition) is 4. The molecular weight excluding hydrogens is 246 g/mol. The minimum absolute atomic E-state index is 0.0401. The summed E-state index contributed by atoms with van der Waals surface area (Å²) in [7, 11) is 1.21. The number of amides is 1. The summed E-state index contributed by atoms with van der Waals surface area (Å²) in [4.78, 5) is 23.4. The highest BCUT2D eigenvalue weighted by Crippen LogP contribution is 2.43. The van der Waals surface area contributed by atoms with Crippen molar-refractivity contribution < 1.29 is 19.4 Å². The summed E-state index contributed by atoms with van der Waals surface area (Å²) < 4.78 is 4.42. The fourth-order valence-electron chi connectivity index (χ4n) is 2.95. The third-order valence-corrected chi connectivity index (χ3v) is 3.77. The molecule has 110 valence electrons. The number of ether oxygens (including phenoxy) is 1. The molecule has 0 aromatic heterocycles. The van der Waals surface area contributed by atoms with Gasteiger partial charge in [-0.1, -0.05) is 26.7 Å². The molecule has 2 N–H and O–H groups in total. The fraction of sp³-hybridized carbons (Fsp3) is 0.857. The van der Waals surface area contributed by atoms with Gasteiger partial charge in [0.1, 0.15) is 0 Å². The Kier molecular flexibility index (Phi) is 5.79. The highest BCUT2D eigenvalue weighted by Gasteiger charge is 2.41. The SMILES string of the molecule is COC(=O)C(O)CNC(=O)C1(CC(C)C)CCCC1. The number of esters is 1. The lowest BCUT2D eigenvalue weighted by atomic mass is 9.77. The zero-order valence-electron chi connectivity index (χ0n) is 12.1. The number of carbonyl (C=O) groups is 2. The molecular formula is C14H25NO4. The maximum Gasteiger partial charge on any atom is 0.336 e. The van der Waals surface area contributed by atoms with Crippen LogP contribution in [0.3, 0.4) is 0 Å². The van der Waals surface area contributed by atoms with E-state index in [4.69, 9.17) is 0 Å². The van der Waals surface area contributed by atoms with Crippen LogP contribution in [-0.4, -0.2) is 36.7 Å². The lowest BCUT2D eigenvalue weighted by molar-refractivity contribution is -0.150. The van der Waals surface area contributed by atoms with Crippen molar-refractivity contribution >= 4 is 11.9 Å². The molecule has 1 aliphatic carbocycles. The van der Waals surface area contributed by atoms with Gasteiger partial charge in [0, 0.05) is 5.41 Å². The van der Waals surface area contributed by atoms with Crippen molar-refractivity contribution in [3.05, 3.63) is 0 Å². The van der Waals surface area contributed by atoms with E-state index < -0.39 is 12.1 Å². The van der Waals surface area contributed by atoms with Gasteiger partial charge < -0.3 is 15.2 Å². The first-order valence-electron chi connectivity index (χ1n) is 6.95. The third kappa shape index (κ3) is 4.20. The van der Waals surface area contributed by atoms with Crippen LogP contribution in [0.25, 0.3) is 0 Å². The van der Waals surface area contributed by atoms with Gasteiger partial charge in [0.2, 0.25) is 5.91 Å². The monoisotopic (exact) mass is 271 g/mol. The molecule has 19 heavy (non-hydrogen) atoms. The Morgan fingerprint density at radius 3 is 2.37 bits per heavy atom. The number of rotatable bonds is 6. The van der Waals surface area contributed by atoms with E-state index in [1.54, 1.807) is 0 Å². The van der Waals surface area contributed by atoms with Gasteiger partial charge in [0.25, 0.3) is 0 Å². The van der Waals surface area contributed by atoms with Crippen LogP contribution in [0, 0.1) is 11.3 Å². The quantitative estimate of drug-likeness (QED) is 0.713. The van der Waals surface area contributed by atoms with E-state index in [1.807, 2.05) is 0 Å². The highest BCUT2D eigenvalue weighted by molar-refractivity contribution is 5.84. The molecule has 1 unspecified atom stereocenters. The number of nitrogens with one attached hydrogen (secondary N) is 1. The Hall–Kier alpha value is -1.10. The Morgan fingerprint density at radius 2 is 1.89 bits per heavy atom. The molecule has 0 spiro atoms. The molecule has 1 amide bonds. The smallest absolute Gasteiger partial charge is 0.336 e. The summed E-state index contributed by atoms with van der Waals surface area (Å²) in [6.07, 6.45) is 3.50. The standard InChI is InChI=1S/C14H25NO4/c1-10(2)8-14(6-4-5-7-14)13(18)15-9-11(16)12(17)19-3/h10-11,16H,4-9H2,1-3H3,(H,15,18). The molecule has 0 aliphatic heterocycles. The lowest BCUT2D eigenvalue weighted by Crippen LogP contribution is -2.45. The van der Waals surface area contributed by atoms with Gasteiger partial charge >= 0.3 is 5.97 Å². The minimum atomic E-state index is -1.29. The second-order valence-corrected chi connectivity index (χ2v) is 5.83. The summed E-state index contributed by atoms with van der Waals surface area (Å²) in [5, 5.41) is 12.2. The minimum Gasteiger partial charge on any atom is -0.467 e. The van der Waals surface area contributed by atoms with E-state index in [-0.39, 0.29) is 17.9 Å². The molecule has 1 aliphatic rings. The normalized spacial score (nSPS) is 19.2. The van der Waals surface area contributed by atoms with Crippen LogP contribution in [0.1, 0.15) is 46.0 Å². The number of hydrogen-bond donors (Lipinski definition) is 2. The summed E-state index contributed by atoms with van der Waals surface area (Å²) >= 11 is 0. The molecule has 5 nitrogen and oxygen atoms in total. The third-order valence-electron chi connectivity index (χ3n) is 3.77. The summed E-state index contributed by atoms with van der Waals surface area (Å²) in [6.45, 7) is 4.14. The molecule has 0 saturated heterocycles. The van der Waals surface area contributed by atoms with E-state index in [0.717, 1.165) is 32.1 Å². The van der Waals surface area contributed by atoms with Crippen LogP contribution in [0.5, 0.6) is 0 Å². The summed E-state index contributed by atoms with van der Waals surface area (Å²) in [5.41, 5.74) is -0.315. The molecule has 1 atom stereocenters. The molecule has 0 radical (unpaired) electrons. The van der Waals surface area contributed by atoms with Crippen LogP contribution in [-0.2, 0) is 14.3 Å². The zero-order valence-corrected chi connectivity index (χ0v) is 12.1. The second kappa shape index (κ2) is 6.89. The lowest BCUT2D eigenvalue weighted by Gasteiger charge is -2.29. The Bertz CT molecular complexity index is 321. The predicted octanol–water partition coefficient (Wildman–Crippen LogP) is 1.24. The number of methoxy groups -OCH3 is 1. The fourth-order valence-corrected chi connectivity index (χ4v) is 2.95. The molecule has 5 heteroatoms. The van der Waals surface area contributed by atoms with Gasteiger partial charge in [0.15, 0.2) is 6.10 Å². The van der Waals surface area contributed by atoms with Crippen molar-refractivity contribution in [2.45, 2.75) is 52.1 Å². The van der Waals surface area contributed by atoms with E-state index >= 15 is 0 Å². The van der Waals surface area contributed by atoms with E-state index in [0.29, 0.717) is 5.92 Å². The average molecular weight is 271 g/mol.